The zero-order valence-corrected chi connectivity index (χ0v) is 14.9. The first-order chi connectivity index (χ1) is 12.7. The van der Waals surface area contributed by atoms with Crippen LogP contribution < -0.4 is 4.90 Å². The number of nitrogens with zero attached hydrogens (tertiary/aromatic N) is 1. The summed E-state index contributed by atoms with van der Waals surface area (Å²) in [5.41, 5.74) is -5.20. The fourth-order valence-corrected chi connectivity index (χ4v) is 2.82. The summed E-state index contributed by atoms with van der Waals surface area (Å²) in [7, 11) is 2.19. The molecule has 1 aromatic rings. The maximum atomic E-state index is 12.7. The minimum absolute atomic E-state index is 0.147. The molecule has 6 nitrogen and oxygen atoms in total. The number of benzene rings is 1. The van der Waals surface area contributed by atoms with Gasteiger partial charge in [0.1, 0.15) is 11.4 Å². The molecule has 0 aliphatic carbocycles. The predicted octanol–water partition coefficient (Wildman–Crippen LogP) is 3.49. The van der Waals surface area contributed by atoms with E-state index in [9.17, 15) is 27.9 Å². The lowest BCUT2D eigenvalue weighted by molar-refractivity contribution is -0.139. The number of thioether (sulfide) groups is 1. The Bertz CT molecular complexity index is 845. The number of carbonyl (C=O) groups excluding carboxylic acids is 2. The maximum Gasteiger partial charge on any atom is 0.446 e. The van der Waals surface area contributed by atoms with Crippen molar-refractivity contribution in [2.45, 2.75) is 10.4 Å². The molecule has 1 aliphatic heterocycles. The quantitative estimate of drug-likeness (QED) is 0.611. The van der Waals surface area contributed by atoms with Crippen LogP contribution >= 0.6 is 11.8 Å². The number of phenolic OH excluding ortho intramolecular Hbond substituents is 1. The molecule has 0 unspecified atom stereocenters. The van der Waals surface area contributed by atoms with Crippen LogP contribution in [0.3, 0.4) is 0 Å². The number of methoxy groups -OCH3 is 2. The van der Waals surface area contributed by atoms with Crippen molar-refractivity contribution in [1.29, 1.82) is 0 Å². The highest BCUT2D eigenvalue weighted by atomic mass is 32.2. The molecule has 0 atom stereocenters. The van der Waals surface area contributed by atoms with Gasteiger partial charge in [-0.25, -0.2) is 9.59 Å². The van der Waals surface area contributed by atoms with E-state index < -0.39 is 23.2 Å². The number of rotatable bonds is 4. The Morgan fingerprint density at radius 3 is 2.37 bits per heavy atom. The van der Waals surface area contributed by atoms with Crippen molar-refractivity contribution in [2.75, 3.05) is 19.1 Å². The molecule has 0 radical (unpaired) electrons. The van der Waals surface area contributed by atoms with Crippen molar-refractivity contribution in [3.05, 3.63) is 53.9 Å². The number of carbonyl (C=O) groups is 2. The lowest BCUT2D eigenvalue weighted by atomic mass is 10.1. The van der Waals surface area contributed by atoms with Gasteiger partial charge >= 0.3 is 17.4 Å². The number of phenols is 1. The molecule has 0 bridgehead atoms. The van der Waals surface area contributed by atoms with Crippen LogP contribution in [0.15, 0.2) is 58.8 Å². The summed E-state index contributed by atoms with van der Waals surface area (Å²) in [5, 5.41) is 10.2. The number of allylic oxidation sites excluding steroid dienone is 2. The van der Waals surface area contributed by atoms with Crippen LogP contribution in [0, 0.1) is 0 Å². The smallest absolute Gasteiger partial charge is 0.446 e. The third-order valence-corrected chi connectivity index (χ3v) is 4.05. The van der Waals surface area contributed by atoms with Crippen LogP contribution in [0.4, 0.5) is 18.9 Å². The Hall–Kier alpha value is -2.88. The highest BCUT2D eigenvalue weighted by molar-refractivity contribution is 8.00. The van der Waals surface area contributed by atoms with E-state index in [4.69, 9.17) is 4.74 Å². The maximum absolute atomic E-state index is 12.7. The van der Waals surface area contributed by atoms with Gasteiger partial charge in [0.2, 0.25) is 0 Å². The number of alkyl halides is 3. The molecule has 0 fully saturated rings. The normalized spacial score (nSPS) is 14.2. The second-order valence-corrected chi connectivity index (χ2v) is 6.15. The number of hydrogen-bond acceptors (Lipinski definition) is 7. The van der Waals surface area contributed by atoms with Gasteiger partial charge in [0, 0.05) is 11.1 Å². The SMILES string of the molecule is COC(=O)C1=C(C(=O)OC)N(c2cc(SC(F)(F)F)ccc2O)C=CC=C1. The molecule has 0 spiro atoms. The first kappa shape index (κ1) is 20.4. The Labute approximate surface area is 156 Å². The first-order valence-electron chi connectivity index (χ1n) is 7.31. The Morgan fingerprint density at radius 1 is 1.11 bits per heavy atom. The van der Waals surface area contributed by atoms with Crippen molar-refractivity contribution in [3.63, 3.8) is 0 Å². The average Bonchev–Trinajstić information content (AvgIpc) is 2.83. The van der Waals surface area contributed by atoms with Crippen LogP contribution in [-0.2, 0) is 19.1 Å². The molecule has 144 valence electrons. The number of aromatic hydroxyl groups is 1. The van der Waals surface area contributed by atoms with E-state index in [1.165, 1.54) is 24.4 Å². The third-order valence-electron chi connectivity index (χ3n) is 3.33. The number of esters is 2. The van der Waals surface area contributed by atoms with E-state index in [1.54, 1.807) is 0 Å². The van der Waals surface area contributed by atoms with Crippen LogP contribution in [0.2, 0.25) is 0 Å². The van der Waals surface area contributed by atoms with Gasteiger partial charge in [-0.15, -0.1) is 0 Å². The summed E-state index contributed by atoms with van der Waals surface area (Å²) < 4.78 is 47.4. The summed E-state index contributed by atoms with van der Waals surface area (Å²) in [6.07, 6.45) is 5.46. The van der Waals surface area contributed by atoms with E-state index in [0.717, 1.165) is 37.3 Å². The monoisotopic (exact) mass is 401 g/mol. The van der Waals surface area contributed by atoms with Gasteiger partial charge in [-0.2, -0.15) is 13.2 Å². The van der Waals surface area contributed by atoms with Gasteiger partial charge in [0.25, 0.3) is 0 Å². The van der Waals surface area contributed by atoms with Gasteiger partial charge in [0.05, 0.1) is 25.5 Å². The van der Waals surface area contributed by atoms with Crippen molar-refractivity contribution >= 4 is 29.4 Å². The molecular weight excluding hydrogens is 387 g/mol. The minimum Gasteiger partial charge on any atom is -0.506 e. The second kappa shape index (κ2) is 8.21. The molecule has 10 heteroatoms. The zero-order chi connectivity index (χ0) is 20.2. The standard InChI is InChI=1S/C17H14F3NO5S/c1-25-15(23)11-5-3-4-8-21(14(11)16(24)26-2)12-9-10(6-7-13(12)22)27-17(18,19)20/h3-9,22H,1-2H3. The lowest BCUT2D eigenvalue weighted by Gasteiger charge is -2.24. The molecule has 1 heterocycles. The zero-order valence-electron chi connectivity index (χ0n) is 14.1. The number of halogens is 3. The molecule has 0 amide bonds. The van der Waals surface area contributed by atoms with Gasteiger partial charge < -0.3 is 19.5 Å². The fraction of sp³-hybridized carbons (Fsp3) is 0.176. The van der Waals surface area contributed by atoms with Crippen molar-refractivity contribution < 1.29 is 37.3 Å². The molecule has 27 heavy (non-hydrogen) atoms. The Balaban J connectivity index is 2.65. The molecule has 2 rings (SSSR count). The summed E-state index contributed by atoms with van der Waals surface area (Å²) in [4.78, 5) is 25.2. The molecular formula is C17H14F3NO5S. The number of anilines is 1. The van der Waals surface area contributed by atoms with E-state index in [0.29, 0.717) is 0 Å². The lowest BCUT2D eigenvalue weighted by Crippen LogP contribution is -2.27. The summed E-state index contributed by atoms with van der Waals surface area (Å²) in [5.74, 6) is -2.21. The summed E-state index contributed by atoms with van der Waals surface area (Å²) >= 11 is -0.382. The Kier molecular flexibility index (Phi) is 6.21. The molecule has 0 saturated carbocycles. The van der Waals surface area contributed by atoms with E-state index in [1.807, 2.05) is 0 Å². The highest BCUT2D eigenvalue weighted by Crippen LogP contribution is 2.41. The highest BCUT2D eigenvalue weighted by Gasteiger charge is 2.32. The predicted molar refractivity (Wildman–Crippen MR) is 91.8 cm³/mol. The topological polar surface area (TPSA) is 76.1 Å². The molecule has 1 aromatic carbocycles. The van der Waals surface area contributed by atoms with Crippen molar-refractivity contribution in [3.8, 4) is 5.75 Å². The molecule has 1 aliphatic rings. The Morgan fingerprint density at radius 2 is 1.78 bits per heavy atom. The van der Waals surface area contributed by atoms with Gasteiger partial charge in [-0.3, -0.25) is 0 Å². The van der Waals surface area contributed by atoms with Crippen LogP contribution in [-0.4, -0.2) is 36.8 Å². The number of hydrogen-bond donors (Lipinski definition) is 1. The van der Waals surface area contributed by atoms with Gasteiger partial charge in [-0.05, 0) is 42.1 Å². The molecule has 0 aromatic heterocycles. The summed E-state index contributed by atoms with van der Waals surface area (Å²) in [6, 6.07) is 3.18. The third kappa shape index (κ3) is 4.85. The minimum atomic E-state index is -4.54. The van der Waals surface area contributed by atoms with Crippen LogP contribution in [0.25, 0.3) is 0 Å². The van der Waals surface area contributed by atoms with Crippen molar-refractivity contribution in [2.24, 2.45) is 0 Å². The first-order valence-corrected chi connectivity index (χ1v) is 8.13. The fourth-order valence-electron chi connectivity index (χ4n) is 2.24. The van der Waals surface area contributed by atoms with E-state index in [2.05, 4.69) is 4.74 Å². The number of ether oxygens (including phenoxy) is 2. The largest absolute Gasteiger partial charge is 0.506 e. The second-order valence-electron chi connectivity index (χ2n) is 5.01. The van der Waals surface area contributed by atoms with Crippen LogP contribution in [0.5, 0.6) is 5.75 Å². The van der Waals surface area contributed by atoms with E-state index >= 15 is 0 Å². The molecule has 1 N–H and O–H groups in total. The van der Waals surface area contributed by atoms with Crippen molar-refractivity contribution in [1.82, 2.24) is 0 Å². The average molecular weight is 401 g/mol. The van der Waals surface area contributed by atoms with Crippen LogP contribution in [0.1, 0.15) is 0 Å². The van der Waals surface area contributed by atoms with Gasteiger partial charge in [-0.1, -0.05) is 6.08 Å². The molecule has 0 saturated heterocycles. The summed E-state index contributed by atoms with van der Waals surface area (Å²) in [6.45, 7) is 0. The van der Waals surface area contributed by atoms with E-state index in [-0.39, 0.29) is 33.6 Å². The van der Waals surface area contributed by atoms with Gasteiger partial charge in [0.15, 0.2) is 0 Å².